The van der Waals surface area contributed by atoms with Crippen LogP contribution in [0.15, 0.2) is 41.1 Å². The fraction of sp³-hybridized carbons (Fsp3) is 0.167. The fourth-order valence-corrected chi connectivity index (χ4v) is 2.07. The van der Waals surface area contributed by atoms with Crippen molar-refractivity contribution in [3.8, 4) is 5.69 Å². The van der Waals surface area contributed by atoms with Gasteiger partial charge < -0.3 is 5.32 Å². The Bertz CT molecular complexity index is 522. The molecule has 0 spiro atoms. The van der Waals surface area contributed by atoms with Gasteiger partial charge >= 0.3 is 0 Å². The van der Waals surface area contributed by atoms with Crippen LogP contribution < -0.4 is 5.32 Å². The molecule has 2 rings (SSSR count). The first-order valence-corrected chi connectivity index (χ1v) is 6.10. The number of amides is 1. The first-order chi connectivity index (χ1) is 8.24. The Morgan fingerprint density at radius 3 is 2.76 bits per heavy atom. The minimum Gasteiger partial charge on any atom is -0.352 e. The smallest absolute Gasteiger partial charge is 0.255 e. The van der Waals surface area contributed by atoms with Gasteiger partial charge in [0.2, 0.25) is 0 Å². The average molecular weight is 294 g/mol. The Balaban J connectivity index is 2.37. The molecule has 0 saturated heterocycles. The molecule has 0 aliphatic rings. The molecular formula is C12H12BrN3O. The Morgan fingerprint density at radius 2 is 2.12 bits per heavy atom. The third kappa shape index (κ3) is 2.39. The van der Waals surface area contributed by atoms with Crippen molar-refractivity contribution in [2.24, 2.45) is 0 Å². The number of rotatable bonds is 3. The summed E-state index contributed by atoms with van der Waals surface area (Å²) >= 11 is 3.40. The van der Waals surface area contributed by atoms with E-state index in [2.05, 4.69) is 26.3 Å². The van der Waals surface area contributed by atoms with Crippen LogP contribution in [0.2, 0.25) is 0 Å². The zero-order valence-electron chi connectivity index (χ0n) is 9.35. The molecule has 0 fully saturated rings. The summed E-state index contributed by atoms with van der Waals surface area (Å²) in [4.78, 5) is 11.7. The Labute approximate surface area is 108 Å². The van der Waals surface area contributed by atoms with Crippen LogP contribution in [0.3, 0.4) is 0 Å². The van der Waals surface area contributed by atoms with Crippen LogP contribution in [0.5, 0.6) is 0 Å². The lowest BCUT2D eigenvalue weighted by Gasteiger charge is -2.03. The van der Waals surface area contributed by atoms with Crippen molar-refractivity contribution in [1.82, 2.24) is 15.1 Å². The quantitative estimate of drug-likeness (QED) is 0.944. The maximum atomic E-state index is 11.7. The van der Waals surface area contributed by atoms with Crippen LogP contribution >= 0.6 is 15.9 Å². The SMILES string of the molecule is CCNC(=O)c1cnn(-c2ccccc2)c1Br. The number of halogens is 1. The molecule has 0 bridgehead atoms. The summed E-state index contributed by atoms with van der Waals surface area (Å²) in [6.45, 7) is 2.48. The zero-order chi connectivity index (χ0) is 12.3. The lowest BCUT2D eigenvalue weighted by Crippen LogP contribution is -2.22. The molecule has 1 amide bonds. The van der Waals surface area contributed by atoms with Crippen LogP contribution in [-0.2, 0) is 0 Å². The largest absolute Gasteiger partial charge is 0.352 e. The molecular weight excluding hydrogens is 282 g/mol. The molecule has 1 aromatic heterocycles. The molecule has 0 aliphatic carbocycles. The van der Waals surface area contributed by atoms with Crippen molar-refractivity contribution >= 4 is 21.8 Å². The maximum absolute atomic E-state index is 11.7. The number of aromatic nitrogens is 2. The van der Waals surface area contributed by atoms with Crippen molar-refractivity contribution in [2.45, 2.75) is 6.92 Å². The van der Waals surface area contributed by atoms with Crippen molar-refractivity contribution < 1.29 is 4.79 Å². The van der Waals surface area contributed by atoms with E-state index in [0.717, 1.165) is 5.69 Å². The van der Waals surface area contributed by atoms with Crippen LogP contribution in [0.4, 0.5) is 0 Å². The van der Waals surface area contributed by atoms with Crippen molar-refractivity contribution in [2.75, 3.05) is 6.54 Å². The van der Waals surface area contributed by atoms with Gasteiger partial charge in [-0.1, -0.05) is 18.2 Å². The predicted molar refractivity (Wildman–Crippen MR) is 69.3 cm³/mol. The molecule has 2 aromatic rings. The van der Waals surface area contributed by atoms with E-state index >= 15 is 0 Å². The van der Waals surface area contributed by atoms with Crippen LogP contribution in [0.1, 0.15) is 17.3 Å². The number of nitrogens with one attached hydrogen (secondary N) is 1. The predicted octanol–water partition coefficient (Wildman–Crippen LogP) is 2.38. The van der Waals surface area contributed by atoms with Crippen molar-refractivity contribution in [3.05, 3.63) is 46.7 Å². The van der Waals surface area contributed by atoms with Gasteiger partial charge in [-0.3, -0.25) is 4.79 Å². The lowest BCUT2D eigenvalue weighted by atomic mass is 10.3. The van der Waals surface area contributed by atoms with Gasteiger partial charge in [0.05, 0.1) is 17.4 Å². The standard InChI is InChI=1S/C12H12BrN3O/c1-2-14-12(17)10-8-15-16(11(10)13)9-6-4-3-5-7-9/h3-8H,2H2,1H3,(H,14,17). The fourth-order valence-electron chi connectivity index (χ4n) is 1.49. The number of nitrogens with zero attached hydrogens (tertiary/aromatic N) is 2. The Kier molecular flexibility index (Phi) is 3.58. The Morgan fingerprint density at radius 1 is 1.41 bits per heavy atom. The van der Waals surface area contributed by atoms with Crippen molar-refractivity contribution in [1.29, 1.82) is 0 Å². The first kappa shape index (κ1) is 11.9. The molecule has 1 N–H and O–H groups in total. The summed E-state index contributed by atoms with van der Waals surface area (Å²) in [6.07, 6.45) is 1.56. The molecule has 0 saturated carbocycles. The monoisotopic (exact) mass is 293 g/mol. The highest BCUT2D eigenvalue weighted by molar-refractivity contribution is 9.10. The van der Waals surface area contributed by atoms with Gasteiger partial charge in [-0.15, -0.1) is 0 Å². The van der Waals surface area contributed by atoms with Gasteiger partial charge in [-0.2, -0.15) is 5.10 Å². The van der Waals surface area contributed by atoms with E-state index < -0.39 is 0 Å². The summed E-state index contributed by atoms with van der Waals surface area (Å²) in [6, 6.07) is 9.65. The highest BCUT2D eigenvalue weighted by atomic mass is 79.9. The van der Waals surface area contributed by atoms with Gasteiger partial charge in [0.15, 0.2) is 0 Å². The average Bonchev–Trinajstić information content (AvgIpc) is 2.72. The first-order valence-electron chi connectivity index (χ1n) is 5.31. The molecule has 1 heterocycles. The summed E-state index contributed by atoms with van der Waals surface area (Å²) in [7, 11) is 0. The zero-order valence-corrected chi connectivity index (χ0v) is 10.9. The molecule has 0 unspecified atom stereocenters. The summed E-state index contributed by atoms with van der Waals surface area (Å²) in [5, 5.41) is 6.94. The van der Waals surface area contributed by atoms with E-state index in [1.165, 1.54) is 0 Å². The highest BCUT2D eigenvalue weighted by Crippen LogP contribution is 2.20. The summed E-state index contributed by atoms with van der Waals surface area (Å²) in [5.41, 5.74) is 1.45. The third-order valence-electron chi connectivity index (χ3n) is 2.29. The van der Waals surface area contributed by atoms with Gasteiger partial charge in [0.25, 0.3) is 5.91 Å². The minimum atomic E-state index is -0.124. The van der Waals surface area contributed by atoms with E-state index in [-0.39, 0.29) is 5.91 Å². The second-order valence-corrected chi connectivity index (χ2v) is 4.21. The number of hydrogen-bond acceptors (Lipinski definition) is 2. The van der Waals surface area contributed by atoms with Gasteiger partial charge in [0, 0.05) is 6.54 Å². The van der Waals surface area contributed by atoms with E-state index in [9.17, 15) is 4.79 Å². The van der Waals surface area contributed by atoms with Crippen LogP contribution in [-0.4, -0.2) is 22.2 Å². The Hall–Kier alpha value is -1.62. The second-order valence-electron chi connectivity index (χ2n) is 3.46. The molecule has 0 aliphatic heterocycles. The topological polar surface area (TPSA) is 46.9 Å². The lowest BCUT2D eigenvalue weighted by molar-refractivity contribution is 0.0955. The van der Waals surface area contributed by atoms with Crippen molar-refractivity contribution in [3.63, 3.8) is 0 Å². The summed E-state index contributed by atoms with van der Waals surface area (Å²) in [5.74, 6) is -0.124. The van der Waals surface area contributed by atoms with Gasteiger partial charge in [-0.05, 0) is 35.0 Å². The van der Waals surface area contributed by atoms with E-state index in [4.69, 9.17) is 0 Å². The molecule has 0 atom stereocenters. The number of benzene rings is 1. The number of para-hydroxylation sites is 1. The normalized spacial score (nSPS) is 10.2. The highest BCUT2D eigenvalue weighted by Gasteiger charge is 2.15. The van der Waals surface area contributed by atoms with E-state index in [1.807, 2.05) is 37.3 Å². The molecule has 5 heteroatoms. The number of carbonyl (C=O) groups excluding carboxylic acids is 1. The molecule has 17 heavy (non-hydrogen) atoms. The molecule has 4 nitrogen and oxygen atoms in total. The number of carbonyl (C=O) groups is 1. The van der Waals surface area contributed by atoms with Crippen LogP contribution in [0, 0.1) is 0 Å². The minimum absolute atomic E-state index is 0.124. The molecule has 0 radical (unpaired) electrons. The number of hydrogen-bond donors (Lipinski definition) is 1. The van der Waals surface area contributed by atoms with E-state index in [1.54, 1.807) is 10.9 Å². The summed E-state index contributed by atoms with van der Waals surface area (Å²) < 4.78 is 2.35. The van der Waals surface area contributed by atoms with Gasteiger partial charge in [0.1, 0.15) is 4.60 Å². The third-order valence-corrected chi connectivity index (χ3v) is 3.06. The molecule has 1 aromatic carbocycles. The van der Waals surface area contributed by atoms with Crippen LogP contribution in [0.25, 0.3) is 5.69 Å². The second kappa shape index (κ2) is 5.14. The van der Waals surface area contributed by atoms with Gasteiger partial charge in [-0.25, -0.2) is 4.68 Å². The molecule has 88 valence electrons. The maximum Gasteiger partial charge on any atom is 0.255 e. The van der Waals surface area contributed by atoms with E-state index in [0.29, 0.717) is 16.7 Å².